The maximum Gasteiger partial charge on any atom is 0.252 e. The highest BCUT2D eigenvalue weighted by Crippen LogP contribution is 2.09. The summed E-state index contributed by atoms with van der Waals surface area (Å²) in [6, 6.07) is 1.53. The number of anilines is 1. The minimum atomic E-state index is -0.0361. The third kappa shape index (κ3) is 1.67. The molecule has 6 heteroatoms. The van der Waals surface area contributed by atoms with E-state index in [4.69, 9.17) is 8.48 Å². The van der Waals surface area contributed by atoms with E-state index in [1.807, 2.05) is 0 Å². The van der Waals surface area contributed by atoms with Gasteiger partial charge in [0.05, 0.1) is 13.4 Å². The predicted octanol–water partition coefficient (Wildman–Crippen LogP) is 1.01. The van der Waals surface area contributed by atoms with Crippen molar-refractivity contribution >= 4 is 21.7 Å². The first-order chi connectivity index (χ1) is 7.09. The lowest BCUT2D eigenvalue weighted by Gasteiger charge is -1.98. The Bertz CT molecular complexity index is 512. The Kier molecular flexibility index (Phi) is 1.47. The topological polar surface area (TPSA) is 69.6 Å². The Hall–Kier alpha value is -1.43. The van der Waals surface area contributed by atoms with Gasteiger partial charge < -0.3 is 5.73 Å². The van der Waals surface area contributed by atoms with E-state index in [1.54, 1.807) is 0 Å². The molecule has 0 unspecified atom stereocenters. The van der Waals surface area contributed by atoms with E-state index in [0.717, 1.165) is 4.68 Å². The number of nitrogen functional groups attached to an aromatic ring is 1. The van der Waals surface area contributed by atoms with Crippen LogP contribution in [-0.2, 0) is 0 Å². The molecule has 2 aromatic rings. The molecule has 0 aliphatic carbocycles. The number of aromatic nitrogens is 4. The van der Waals surface area contributed by atoms with Gasteiger partial charge in [-0.1, -0.05) is 0 Å². The molecule has 0 fully saturated rings. The largest absolute Gasteiger partial charge is 0.384 e. The van der Waals surface area contributed by atoms with Gasteiger partial charge in [0.2, 0.25) is 0 Å². The molecule has 0 saturated heterocycles. The second-order valence-electron chi connectivity index (χ2n) is 2.23. The zero-order chi connectivity index (χ0) is 11.0. The van der Waals surface area contributed by atoms with E-state index in [2.05, 4.69) is 31.0 Å². The van der Waals surface area contributed by atoms with Crippen molar-refractivity contribution in [2.45, 2.75) is 0 Å². The van der Waals surface area contributed by atoms with Gasteiger partial charge in [-0.05, 0) is 22.0 Å². The summed E-state index contributed by atoms with van der Waals surface area (Å²) in [7, 11) is 0. The third-order valence-electron chi connectivity index (χ3n) is 1.31. The predicted molar refractivity (Wildman–Crippen MR) is 51.3 cm³/mol. The number of nitrogens with two attached hydrogens (primary N) is 1. The van der Waals surface area contributed by atoms with Gasteiger partial charge in [0.1, 0.15) is 5.82 Å². The monoisotopic (exact) mass is 241 g/mol. The van der Waals surface area contributed by atoms with Gasteiger partial charge in [-0.3, -0.25) is 0 Å². The highest BCUT2D eigenvalue weighted by molar-refractivity contribution is 9.10. The second kappa shape index (κ2) is 3.14. The van der Waals surface area contributed by atoms with E-state index >= 15 is 0 Å². The number of hydrogen-bond donors (Lipinski definition) is 1. The zero-order valence-electron chi connectivity index (χ0n) is 8.40. The van der Waals surface area contributed by atoms with Gasteiger partial charge in [0.25, 0.3) is 5.95 Å². The molecular formula is C7H6BrN5. The van der Waals surface area contributed by atoms with Gasteiger partial charge in [-0.2, -0.15) is 10.1 Å². The molecule has 0 aromatic carbocycles. The number of halogens is 1. The summed E-state index contributed by atoms with van der Waals surface area (Å²) in [6.45, 7) is 0. The van der Waals surface area contributed by atoms with E-state index in [1.165, 1.54) is 12.3 Å². The molecule has 0 spiro atoms. The molecule has 0 aliphatic heterocycles. The van der Waals surface area contributed by atoms with Gasteiger partial charge in [0, 0.05) is 12.4 Å². The van der Waals surface area contributed by atoms with E-state index in [0.29, 0.717) is 4.47 Å². The highest BCUT2D eigenvalue weighted by atomic mass is 79.9. The Morgan fingerprint density at radius 3 is 3.08 bits per heavy atom. The van der Waals surface area contributed by atoms with Crippen molar-refractivity contribution in [3.8, 4) is 5.95 Å². The van der Waals surface area contributed by atoms with Crippen molar-refractivity contribution in [3.63, 3.8) is 0 Å². The average Bonchev–Trinajstić information content (AvgIpc) is 2.46. The van der Waals surface area contributed by atoms with Crippen LogP contribution < -0.4 is 5.73 Å². The van der Waals surface area contributed by atoms with Crippen LogP contribution in [0.4, 0.5) is 5.82 Å². The van der Waals surface area contributed by atoms with Crippen LogP contribution in [0.2, 0.25) is 0 Å². The second-order valence-corrected chi connectivity index (χ2v) is 3.02. The van der Waals surface area contributed by atoms with Crippen molar-refractivity contribution in [1.29, 1.82) is 0 Å². The van der Waals surface area contributed by atoms with Crippen LogP contribution in [0.3, 0.4) is 0 Å². The minimum Gasteiger partial charge on any atom is -0.384 e. The molecule has 0 saturated carbocycles. The first-order valence-electron chi connectivity index (χ1n) is 4.40. The average molecular weight is 242 g/mol. The van der Waals surface area contributed by atoms with E-state index in [-0.39, 0.29) is 24.1 Å². The van der Waals surface area contributed by atoms with E-state index < -0.39 is 0 Å². The molecule has 13 heavy (non-hydrogen) atoms. The van der Waals surface area contributed by atoms with E-state index in [9.17, 15) is 0 Å². The highest BCUT2D eigenvalue weighted by Gasteiger charge is 2.01. The molecule has 0 bridgehead atoms. The lowest BCUT2D eigenvalue weighted by Crippen LogP contribution is -2.02. The summed E-state index contributed by atoms with van der Waals surface area (Å²) < 4.78 is 16.5. The lowest BCUT2D eigenvalue weighted by atomic mass is 10.6. The molecule has 2 heterocycles. The lowest BCUT2D eigenvalue weighted by molar-refractivity contribution is 0.810. The summed E-state index contributed by atoms with van der Waals surface area (Å²) in [5.74, 6) is 0.469. The first kappa shape index (κ1) is 6.09. The van der Waals surface area contributed by atoms with Crippen LogP contribution in [0.15, 0.2) is 29.1 Å². The summed E-state index contributed by atoms with van der Waals surface area (Å²) >= 11 is 3.07. The van der Waals surface area contributed by atoms with Crippen LogP contribution in [0.1, 0.15) is 2.74 Å². The summed E-state index contributed by atoms with van der Waals surface area (Å²) in [6.07, 6.45) is 1.45. The summed E-state index contributed by atoms with van der Waals surface area (Å²) in [5, 5.41) is 3.79. The fourth-order valence-corrected chi connectivity index (χ4v) is 1.04. The molecule has 0 aliphatic rings. The Morgan fingerprint density at radius 1 is 1.62 bits per heavy atom. The fraction of sp³-hybridized carbons (Fsp3) is 0. The molecule has 2 rings (SSSR count). The van der Waals surface area contributed by atoms with Gasteiger partial charge in [-0.15, -0.1) is 0 Å². The van der Waals surface area contributed by atoms with Crippen LogP contribution in [0.5, 0.6) is 0 Å². The molecular weight excluding hydrogens is 234 g/mol. The number of nitrogens with zero attached hydrogens (tertiary/aromatic N) is 4. The molecule has 2 N–H and O–H groups in total. The molecule has 0 atom stereocenters. The van der Waals surface area contributed by atoms with Crippen LogP contribution in [0.25, 0.3) is 5.95 Å². The molecule has 0 amide bonds. The summed E-state index contributed by atoms with van der Waals surface area (Å²) in [5.41, 5.74) is 5.48. The first-order valence-corrected chi connectivity index (χ1v) is 4.19. The van der Waals surface area contributed by atoms with Crippen molar-refractivity contribution < 1.29 is 2.74 Å². The van der Waals surface area contributed by atoms with Gasteiger partial charge >= 0.3 is 0 Å². The smallest absolute Gasteiger partial charge is 0.252 e. The number of rotatable bonds is 1. The normalized spacial score (nSPS) is 12.4. The Balaban J connectivity index is 2.59. The van der Waals surface area contributed by atoms with Crippen LogP contribution in [-0.4, -0.2) is 19.7 Å². The summed E-state index contributed by atoms with van der Waals surface area (Å²) in [4.78, 5) is 7.81. The van der Waals surface area contributed by atoms with Crippen LogP contribution >= 0.6 is 15.9 Å². The van der Waals surface area contributed by atoms with Crippen molar-refractivity contribution in [2.24, 2.45) is 0 Å². The fourth-order valence-electron chi connectivity index (χ4n) is 0.796. The SMILES string of the molecule is [2H]c1nn(-c2nccc(N)n2)c([2H])c1Br. The number of hydrogen-bond acceptors (Lipinski definition) is 4. The quantitative estimate of drug-likeness (QED) is 0.810. The van der Waals surface area contributed by atoms with Crippen molar-refractivity contribution in [1.82, 2.24) is 19.7 Å². The maximum absolute atomic E-state index is 7.64. The Labute approximate surface area is 85.6 Å². The molecule has 2 aromatic heterocycles. The minimum absolute atomic E-state index is 0.0191. The van der Waals surface area contributed by atoms with Crippen molar-refractivity contribution in [3.05, 3.63) is 29.1 Å². The third-order valence-corrected chi connectivity index (χ3v) is 1.66. The zero-order valence-corrected chi connectivity index (χ0v) is 7.98. The standard InChI is InChI=1S/C7H6BrN5/c8-5-3-11-13(4-5)7-10-2-1-6(9)12-7/h1-4H,(H2,9,10,12)/i3D,4D. The van der Waals surface area contributed by atoms with Gasteiger partial charge in [-0.25, -0.2) is 9.67 Å². The van der Waals surface area contributed by atoms with Crippen LogP contribution in [0, 0.1) is 0 Å². The van der Waals surface area contributed by atoms with Crippen molar-refractivity contribution in [2.75, 3.05) is 5.73 Å². The molecule has 5 nitrogen and oxygen atoms in total. The Morgan fingerprint density at radius 2 is 2.46 bits per heavy atom. The van der Waals surface area contributed by atoms with Gasteiger partial charge in [0.15, 0.2) is 0 Å². The molecule has 66 valence electrons. The molecule has 0 radical (unpaired) electrons. The maximum atomic E-state index is 7.64.